The van der Waals surface area contributed by atoms with Crippen molar-refractivity contribution in [3.8, 4) is 5.69 Å². The Kier molecular flexibility index (Phi) is 7.33. The summed E-state index contributed by atoms with van der Waals surface area (Å²) < 4.78 is 7.54. The molecule has 178 valence electrons. The third kappa shape index (κ3) is 5.31. The quantitative estimate of drug-likeness (QED) is 0.578. The number of hydrogen-bond acceptors (Lipinski definition) is 4. The number of nitrogens with zero attached hydrogens (tertiary/aromatic N) is 3. The number of anilines is 2. The predicted molar refractivity (Wildman–Crippen MR) is 135 cm³/mol. The van der Waals surface area contributed by atoms with E-state index in [1.807, 2.05) is 55.5 Å². The molecule has 0 saturated carbocycles. The first-order chi connectivity index (χ1) is 16.5. The largest absolute Gasteiger partial charge is 0.378 e. The lowest BCUT2D eigenvalue weighted by molar-refractivity contribution is -0.116. The van der Waals surface area contributed by atoms with Crippen molar-refractivity contribution in [2.75, 3.05) is 49.6 Å². The van der Waals surface area contributed by atoms with Crippen molar-refractivity contribution in [1.82, 2.24) is 9.47 Å². The van der Waals surface area contributed by atoms with Crippen molar-refractivity contribution in [3.05, 3.63) is 77.6 Å². The lowest BCUT2D eigenvalue weighted by Gasteiger charge is -2.29. The Labute approximate surface area is 200 Å². The van der Waals surface area contributed by atoms with Crippen LogP contribution in [0.25, 0.3) is 5.69 Å². The van der Waals surface area contributed by atoms with Gasteiger partial charge in [-0.05, 0) is 81.4 Å². The molecule has 1 aliphatic heterocycles. The van der Waals surface area contributed by atoms with Gasteiger partial charge in [0.05, 0.1) is 13.2 Å². The van der Waals surface area contributed by atoms with Crippen molar-refractivity contribution in [2.24, 2.45) is 0 Å². The van der Waals surface area contributed by atoms with Crippen molar-refractivity contribution in [2.45, 2.75) is 20.8 Å². The summed E-state index contributed by atoms with van der Waals surface area (Å²) in [6.07, 6.45) is 0. The Morgan fingerprint density at radius 2 is 1.47 bits per heavy atom. The third-order valence-corrected chi connectivity index (χ3v) is 6.17. The molecule has 7 nitrogen and oxygen atoms in total. The maximum absolute atomic E-state index is 13.0. The number of hydrogen-bond donors (Lipinski definition) is 1. The number of nitrogens with one attached hydrogen (secondary N) is 1. The van der Waals surface area contributed by atoms with Crippen molar-refractivity contribution < 1.29 is 14.3 Å². The molecule has 7 heteroatoms. The van der Waals surface area contributed by atoms with Crippen molar-refractivity contribution in [3.63, 3.8) is 0 Å². The number of carbonyl (C=O) groups is 2. The molecule has 2 amide bonds. The maximum atomic E-state index is 13.0. The van der Waals surface area contributed by atoms with Crippen LogP contribution < -0.4 is 10.2 Å². The van der Waals surface area contributed by atoms with Crippen LogP contribution in [0.4, 0.5) is 11.4 Å². The lowest BCUT2D eigenvalue weighted by Crippen LogP contribution is -2.38. The Morgan fingerprint density at radius 1 is 0.882 bits per heavy atom. The van der Waals surface area contributed by atoms with Gasteiger partial charge in [-0.1, -0.05) is 0 Å². The van der Waals surface area contributed by atoms with Crippen LogP contribution in [-0.4, -0.2) is 60.7 Å². The fraction of sp³-hybridized carbons (Fsp3) is 0.333. The summed E-state index contributed by atoms with van der Waals surface area (Å²) >= 11 is 0. The number of aromatic nitrogens is 1. The number of benzene rings is 2. The minimum Gasteiger partial charge on any atom is -0.378 e. The van der Waals surface area contributed by atoms with Crippen LogP contribution in [-0.2, 0) is 9.53 Å². The molecular weight excluding hydrogens is 428 g/mol. The second-order valence-electron chi connectivity index (χ2n) is 8.51. The molecule has 0 radical (unpaired) electrons. The highest BCUT2D eigenvalue weighted by Crippen LogP contribution is 2.20. The summed E-state index contributed by atoms with van der Waals surface area (Å²) in [6.45, 7) is 9.62. The molecule has 34 heavy (non-hydrogen) atoms. The summed E-state index contributed by atoms with van der Waals surface area (Å²) in [5, 5.41) is 2.90. The molecule has 1 saturated heterocycles. The van der Waals surface area contributed by atoms with E-state index < -0.39 is 0 Å². The van der Waals surface area contributed by atoms with Gasteiger partial charge < -0.3 is 24.4 Å². The van der Waals surface area contributed by atoms with Gasteiger partial charge in [-0.2, -0.15) is 0 Å². The van der Waals surface area contributed by atoms with E-state index in [1.165, 1.54) is 0 Å². The molecule has 0 spiro atoms. The number of aryl methyl sites for hydroxylation is 2. The average Bonchev–Trinajstić information content (AvgIpc) is 3.21. The van der Waals surface area contributed by atoms with Gasteiger partial charge in [0.1, 0.15) is 6.54 Å². The minimum absolute atomic E-state index is 0.00187. The minimum atomic E-state index is -0.218. The normalized spacial score (nSPS) is 13.6. The molecule has 4 rings (SSSR count). The number of amides is 2. The number of carbonyl (C=O) groups excluding carboxylic acids is 2. The molecule has 1 aromatic heterocycles. The van der Waals surface area contributed by atoms with E-state index in [4.69, 9.17) is 4.74 Å². The SMILES string of the molecule is CCN(CC(=O)Nc1ccc(N2CCOCC2)cc1)C(=O)c1ccc(-n2c(C)ccc2C)cc1. The van der Waals surface area contributed by atoms with Gasteiger partial charge in [-0.3, -0.25) is 9.59 Å². The topological polar surface area (TPSA) is 66.8 Å². The van der Waals surface area contributed by atoms with Gasteiger partial charge in [0.15, 0.2) is 0 Å². The first-order valence-corrected chi connectivity index (χ1v) is 11.7. The third-order valence-electron chi connectivity index (χ3n) is 6.17. The zero-order valence-electron chi connectivity index (χ0n) is 20.1. The predicted octanol–water partition coefficient (Wildman–Crippen LogP) is 4.03. The number of rotatable bonds is 7. The Balaban J connectivity index is 1.36. The Morgan fingerprint density at radius 3 is 2.06 bits per heavy atom. The highest BCUT2D eigenvalue weighted by molar-refractivity contribution is 5.99. The molecule has 1 aliphatic rings. The first-order valence-electron chi connectivity index (χ1n) is 11.7. The van der Waals surface area contributed by atoms with E-state index in [-0.39, 0.29) is 18.4 Å². The summed E-state index contributed by atoms with van der Waals surface area (Å²) in [6, 6.07) is 19.5. The van der Waals surface area contributed by atoms with Crippen LogP contribution >= 0.6 is 0 Å². The lowest BCUT2D eigenvalue weighted by atomic mass is 10.1. The molecular formula is C27H32N4O3. The zero-order chi connectivity index (χ0) is 24.1. The monoisotopic (exact) mass is 460 g/mol. The van der Waals surface area contributed by atoms with Crippen LogP contribution in [0.2, 0.25) is 0 Å². The number of morpholine rings is 1. The molecule has 1 N–H and O–H groups in total. The average molecular weight is 461 g/mol. The van der Waals surface area contributed by atoms with Crippen LogP contribution in [0.15, 0.2) is 60.7 Å². The van der Waals surface area contributed by atoms with Crippen LogP contribution in [0.1, 0.15) is 28.7 Å². The zero-order valence-corrected chi connectivity index (χ0v) is 20.1. The molecule has 0 atom stereocenters. The van der Waals surface area contributed by atoms with Crippen molar-refractivity contribution >= 4 is 23.2 Å². The van der Waals surface area contributed by atoms with E-state index in [0.717, 1.165) is 49.1 Å². The molecule has 0 aliphatic carbocycles. The van der Waals surface area contributed by atoms with Crippen LogP contribution in [0.3, 0.4) is 0 Å². The molecule has 2 aromatic carbocycles. The maximum Gasteiger partial charge on any atom is 0.254 e. The summed E-state index contributed by atoms with van der Waals surface area (Å²) in [5.74, 6) is -0.377. The second kappa shape index (κ2) is 10.6. The standard InChI is InChI=1S/C27H32N4O3/c1-4-29(27(33)22-7-11-25(12-8-22)31-20(2)5-6-21(31)3)19-26(32)28-23-9-13-24(14-10-23)30-15-17-34-18-16-30/h5-14H,4,15-19H2,1-3H3,(H,28,32). The summed E-state index contributed by atoms with van der Waals surface area (Å²) in [5.41, 5.74) is 5.68. The highest BCUT2D eigenvalue weighted by Gasteiger charge is 2.18. The number of likely N-dealkylation sites (N-methyl/N-ethyl adjacent to an activating group) is 1. The fourth-order valence-corrected chi connectivity index (χ4v) is 4.29. The molecule has 0 unspecified atom stereocenters. The molecule has 0 bridgehead atoms. The van der Waals surface area contributed by atoms with Gasteiger partial charge in [0, 0.05) is 53.6 Å². The number of ether oxygens (including phenoxy) is 1. The van der Waals surface area contributed by atoms with Gasteiger partial charge >= 0.3 is 0 Å². The first kappa shape index (κ1) is 23.6. The second-order valence-corrected chi connectivity index (χ2v) is 8.51. The fourth-order valence-electron chi connectivity index (χ4n) is 4.29. The van der Waals surface area contributed by atoms with Crippen molar-refractivity contribution in [1.29, 1.82) is 0 Å². The van der Waals surface area contributed by atoms with Crippen LogP contribution in [0.5, 0.6) is 0 Å². The van der Waals surface area contributed by atoms with Gasteiger partial charge in [-0.25, -0.2) is 0 Å². The van der Waals surface area contributed by atoms with Gasteiger partial charge in [0.2, 0.25) is 5.91 Å². The van der Waals surface area contributed by atoms with Gasteiger partial charge in [-0.15, -0.1) is 0 Å². The molecule has 2 heterocycles. The highest BCUT2D eigenvalue weighted by atomic mass is 16.5. The molecule has 3 aromatic rings. The van der Waals surface area contributed by atoms with E-state index in [0.29, 0.717) is 17.8 Å². The van der Waals surface area contributed by atoms with E-state index in [9.17, 15) is 9.59 Å². The van der Waals surface area contributed by atoms with E-state index in [2.05, 4.69) is 40.8 Å². The van der Waals surface area contributed by atoms with Gasteiger partial charge in [0.25, 0.3) is 5.91 Å². The summed E-state index contributed by atoms with van der Waals surface area (Å²) in [4.78, 5) is 29.5. The molecule has 1 fully saturated rings. The van der Waals surface area contributed by atoms with E-state index >= 15 is 0 Å². The Hall–Kier alpha value is -3.58. The Bertz CT molecular complexity index is 1110. The summed E-state index contributed by atoms with van der Waals surface area (Å²) in [7, 11) is 0. The van der Waals surface area contributed by atoms with Crippen LogP contribution in [0, 0.1) is 13.8 Å². The van der Waals surface area contributed by atoms with E-state index in [1.54, 1.807) is 4.90 Å². The smallest absolute Gasteiger partial charge is 0.254 e.